The summed E-state index contributed by atoms with van der Waals surface area (Å²) < 4.78 is 13.0. The van der Waals surface area contributed by atoms with Crippen molar-refractivity contribution in [2.24, 2.45) is 0 Å². The minimum Gasteiger partial charge on any atom is -0.398 e. The molecule has 0 fully saturated rings. The Morgan fingerprint density at radius 2 is 2.12 bits per heavy atom. The van der Waals surface area contributed by atoms with Crippen LogP contribution < -0.4 is 5.73 Å². The lowest BCUT2D eigenvalue weighted by atomic mass is 10.1. The summed E-state index contributed by atoms with van der Waals surface area (Å²) in [6, 6.07) is 5.68. The van der Waals surface area contributed by atoms with Gasteiger partial charge in [0.05, 0.1) is 4.88 Å². The number of hydrogen-bond acceptors (Lipinski definition) is 3. The van der Waals surface area contributed by atoms with Crippen molar-refractivity contribution in [3.8, 4) is 0 Å². The van der Waals surface area contributed by atoms with Gasteiger partial charge in [0, 0.05) is 11.3 Å². The fourth-order valence-electron chi connectivity index (χ4n) is 1.45. The van der Waals surface area contributed by atoms with E-state index in [1.165, 1.54) is 29.5 Å². The number of thiophene rings is 1. The van der Waals surface area contributed by atoms with Gasteiger partial charge in [-0.15, -0.1) is 11.3 Å². The van der Waals surface area contributed by atoms with E-state index in [4.69, 9.17) is 5.73 Å². The molecular weight excluding hydrogens is 225 g/mol. The number of halogens is 1. The molecule has 1 aromatic carbocycles. The topological polar surface area (TPSA) is 43.1 Å². The molecule has 0 saturated carbocycles. The molecule has 0 spiro atoms. The number of anilines is 1. The van der Waals surface area contributed by atoms with E-state index < -0.39 is 5.82 Å². The zero-order valence-electron chi connectivity index (χ0n) is 8.66. The van der Waals surface area contributed by atoms with E-state index in [1.54, 1.807) is 0 Å². The van der Waals surface area contributed by atoms with Gasteiger partial charge in [-0.05, 0) is 42.1 Å². The average molecular weight is 235 g/mol. The van der Waals surface area contributed by atoms with Gasteiger partial charge in [0.2, 0.25) is 5.78 Å². The minimum atomic E-state index is -0.452. The summed E-state index contributed by atoms with van der Waals surface area (Å²) in [5.41, 5.74) is 7.08. The molecule has 2 aromatic rings. The predicted octanol–water partition coefficient (Wildman–Crippen LogP) is 3.01. The maximum atomic E-state index is 13.0. The van der Waals surface area contributed by atoms with E-state index in [1.807, 2.05) is 18.4 Å². The van der Waals surface area contributed by atoms with Gasteiger partial charge >= 0.3 is 0 Å². The van der Waals surface area contributed by atoms with Crippen molar-refractivity contribution >= 4 is 22.8 Å². The lowest BCUT2D eigenvalue weighted by Gasteiger charge is -2.04. The third-order valence-corrected chi connectivity index (χ3v) is 3.34. The van der Waals surface area contributed by atoms with Crippen molar-refractivity contribution in [3.05, 3.63) is 51.5 Å². The van der Waals surface area contributed by atoms with Crippen LogP contribution in [0.2, 0.25) is 0 Å². The van der Waals surface area contributed by atoms with Crippen LogP contribution in [0.1, 0.15) is 20.8 Å². The summed E-state index contributed by atoms with van der Waals surface area (Å²) in [6.45, 7) is 1.85. The first kappa shape index (κ1) is 10.8. The van der Waals surface area contributed by atoms with Crippen LogP contribution in [0, 0.1) is 12.7 Å². The molecule has 0 aliphatic rings. The van der Waals surface area contributed by atoms with E-state index >= 15 is 0 Å². The lowest BCUT2D eigenvalue weighted by Crippen LogP contribution is -2.05. The van der Waals surface area contributed by atoms with Crippen LogP contribution in [0.3, 0.4) is 0 Å². The van der Waals surface area contributed by atoms with Gasteiger partial charge in [0.15, 0.2) is 0 Å². The first-order valence-corrected chi connectivity index (χ1v) is 5.61. The molecule has 2 nitrogen and oxygen atoms in total. The molecule has 0 bridgehead atoms. The van der Waals surface area contributed by atoms with Crippen LogP contribution >= 0.6 is 11.3 Å². The van der Waals surface area contributed by atoms with E-state index in [9.17, 15) is 9.18 Å². The van der Waals surface area contributed by atoms with Crippen LogP contribution in [0.15, 0.2) is 29.6 Å². The SMILES string of the molecule is Cc1ccsc1C(=O)c1cc(F)ccc1N. The quantitative estimate of drug-likeness (QED) is 0.642. The molecule has 0 atom stereocenters. The Labute approximate surface area is 96.5 Å². The van der Waals surface area contributed by atoms with Crippen molar-refractivity contribution in [2.45, 2.75) is 6.92 Å². The van der Waals surface area contributed by atoms with Crippen molar-refractivity contribution in [2.75, 3.05) is 5.73 Å². The maximum Gasteiger partial charge on any atom is 0.205 e. The van der Waals surface area contributed by atoms with Gasteiger partial charge in [0.25, 0.3) is 0 Å². The second kappa shape index (κ2) is 4.06. The second-order valence-electron chi connectivity index (χ2n) is 3.49. The summed E-state index contributed by atoms with van der Waals surface area (Å²) >= 11 is 1.34. The third-order valence-electron chi connectivity index (χ3n) is 2.33. The maximum absolute atomic E-state index is 13.0. The average Bonchev–Trinajstić information content (AvgIpc) is 2.67. The zero-order valence-corrected chi connectivity index (χ0v) is 9.48. The molecule has 16 heavy (non-hydrogen) atoms. The summed E-state index contributed by atoms with van der Waals surface area (Å²) in [5.74, 6) is -0.670. The van der Waals surface area contributed by atoms with Crippen molar-refractivity contribution in [1.29, 1.82) is 0 Å². The van der Waals surface area contributed by atoms with Crippen molar-refractivity contribution in [1.82, 2.24) is 0 Å². The van der Waals surface area contributed by atoms with Crippen LogP contribution in [-0.4, -0.2) is 5.78 Å². The molecule has 2 N–H and O–H groups in total. The molecule has 1 heterocycles. The molecule has 0 aliphatic heterocycles. The molecule has 1 aromatic heterocycles. The van der Waals surface area contributed by atoms with Gasteiger partial charge in [0.1, 0.15) is 5.82 Å². The van der Waals surface area contributed by atoms with Gasteiger partial charge in [-0.1, -0.05) is 0 Å². The summed E-state index contributed by atoms with van der Waals surface area (Å²) in [6.07, 6.45) is 0. The lowest BCUT2D eigenvalue weighted by molar-refractivity contribution is 0.104. The smallest absolute Gasteiger partial charge is 0.205 e. The molecule has 0 amide bonds. The third kappa shape index (κ3) is 1.84. The highest BCUT2D eigenvalue weighted by Gasteiger charge is 2.16. The Kier molecular flexibility index (Phi) is 2.75. The number of carbonyl (C=O) groups excluding carboxylic acids is 1. The molecule has 4 heteroatoms. The van der Waals surface area contributed by atoms with Gasteiger partial charge < -0.3 is 5.73 Å². The van der Waals surface area contributed by atoms with Crippen molar-refractivity contribution in [3.63, 3.8) is 0 Å². The molecule has 0 saturated heterocycles. The number of benzene rings is 1. The molecule has 0 unspecified atom stereocenters. The fourth-order valence-corrected chi connectivity index (χ4v) is 2.33. The number of hydrogen-bond donors (Lipinski definition) is 1. The van der Waals surface area contributed by atoms with E-state index in [-0.39, 0.29) is 11.3 Å². The Bertz CT molecular complexity index is 548. The predicted molar refractivity (Wildman–Crippen MR) is 63.3 cm³/mol. The molecular formula is C12H10FNOS. The highest BCUT2D eigenvalue weighted by atomic mass is 32.1. The van der Waals surface area contributed by atoms with Crippen LogP contribution in [0.25, 0.3) is 0 Å². The number of ketones is 1. The first-order valence-electron chi connectivity index (χ1n) is 4.73. The normalized spacial score (nSPS) is 10.4. The largest absolute Gasteiger partial charge is 0.398 e. The van der Waals surface area contributed by atoms with Crippen molar-refractivity contribution < 1.29 is 9.18 Å². The number of aryl methyl sites for hydroxylation is 1. The standard InChI is InChI=1S/C12H10FNOS/c1-7-4-5-16-12(7)11(15)9-6-8(13)2-3-10(9)14/h2-6H,14H2,1H3. The van der Waals surface area contributed by atoms with Gasteiger partial charge in [-0.2, -0.15) is 0 Å². The second-order valence-corrected chi connectivity index (χ2v) is 4.41. The Morgan fingerprint density at radius 3 is 2.75 bits per heavy atom. The first-order chi connectivity index (χ1) is 7.59. The highest BCUT2D eigenvalue weighted by molar-refractivity contribution is 7.12. The number of nitrogens with two attached hydrogens (primary N) is 1. The Hall–Kier alpha value is -1.68. The minimum absolute atomic E-state index is 0.218. The Morgan fingerprint density at radius 1 is 1.38 bits per heavy atom. The number of carbonyl (C=O) groups is 1. The van der Waals surface area contributed by atoms with Gasteiger partial charge in [-0.3, -0.25) is 4.79 Å². The summed E-state index contributed by atoms with van der Waals surface area (Å²) in [4.78, 5) is 12.7. The zero-order chi connectivity index (χ0) is 11.7. The Balaban J connectivity index is 2.49. The molecule has 2 rings (SSSR count). The van der Waals surface area contributed by atoms with Crippen LogP contribution in [-0.2, 0) is 0 Å². The molecule has 0 radical (unpaired) electrons. The highest BCUT2D eigenvalue weighted by Crippen LogP contribution is 2.23. The van der Waals surface area contributed by atoms with E-state index in [0.717, 1.165) is 5.56 Å². The van der Waals surface area contributed by atoms with Gasteiger partial charge in [-0.25, -0.2) is 4.39 Å². The van der Waals surface area contributed by atoms with E-state index in [0.29, 0.717) is 10.6 Å². The molecule has 82 valence electrons. The molecule has 0 aliphatic carbocycles. The monoisotopic (exact) mass is 235 g/mol. The van der Waals surface area contributed by atoms with E-state index in [2.05, 4.69) is 0 Å². The summed E-state index contributed by atoms with van der Waals surface area (Å²) in [7, 11) is 0. The van der Waals surface area contributed by atoms with Crippen LogP contribution in [0.5, 0.6) is 0 Å². The number of nitrogen functional groups attached to an aromatic ring is 1. The fraction of sp³-hybridized carbons (Fsp3) is 0.0833. The number of rotatable bonds is 2. The van der Waals surface area contributed by atoms with Crippen LogP contribution in [0.4, 0.5) is 10.1 Å². The summed E-state index contributed by atoms with van der Waals surface area (Å²) in [5, 5.41) is 1.83.